The molecule has 0 saturated carbocycles. The molecule has 8 heteroatoms. The van der Waals surface area contributed by atoms with E-state index >= 15 is 0 Å². The van der Waals surface area contributed by atoms with Crippen LogP contribution >= 0.6 is 0 Å². The molecule has 1 aromatic carbocycles. The molecule has 0 atom stereocenters. The molecule has 1 amide bonds. The summed E-state index contributed by atoms with van der Waals surface area (Å²) in [6, 6.07) is 7.86. The lowest BCUT2D eigenvalue weighted by Gasteiger charge is -2.34. The van der Waals surface area contributed by atoms with Crippen LogP contribution in [0, 0.1) is 0 Å². The monoisotopic (exact) mass is 341 g/mol. The number of methoxy groups -OCH3 is 1. The molecular formula is C15H23N3O4S. The number of sulfonamides is 1. The fraction of sp³-hybridized carbons (Fsp3) is 0.533. The molecule has 0 spiro atoms. The number of nitrogens with one attached hydrogen (secondary N) is 1. The zero-order valence-electron chi connectivity index (χ0n) is 13.5. The third kappa shape index (κ3) is 4.92. The lowest BCUT2D eigenvalue weighted by molar-refractivity contribution is -0.130. The molecule has 2 rings (SSSR count). The van der Waals surface area contributed by atoms with Gasteiger partial charge in [0.15, 0.2) is 0 Å². The molecule has 1 aromatic rings. The number of hydrogen-bond donors (Lipinski definition) is 1. The highest BCUT2D eigenvalue weighted by Gasteiger charge is 2.24. The summed E-state index contributed by atoms with van der Waals surface area (Å²) in [4.78, 5) is 15.8. The molecule has 1 aliphatic rings. The third-order valence-corrected chi connectivity index (χ3v) is 5.18. The van der Waals surface area contributed by atoms with Crippen molar-refractivity contribution in [3.8, 4) is 5.75 Å². The molecule has 23 heavy (non-hydrogen) atoms. The minimum Gasteiger partial charge on any atom is -0.496 e. The Morgan fingerprint density at radius 3 is 2.48 bits per heavy atom. The van der Waals surface area contributed by atoms with Gasteiger partial charge in [0, 0.05) is 38.3 Å². The number of nitrogens with zero attached hydrogens (tertiary/aromatic N) is 2. The normalized spacial score (nSPS) is 16.3. The van der Waals surface area contributed by atoms with Crippen molar-refractivity contribution < 1.29 is 17.9 Å². The first-order valence-corrected chi connectivity index (χ1v) is 9.13. The number of hydrogen-bond acceptors (Lipinski definition) is 5. The number of amides is 1. The van der Waals surface area contributed by atoms with Crippen LogP contribution in [0.3, 0.4) is 0 Å². The van der Waals surface area contributed by atoms with Gasteiger partial charge in [-0.3, -0.25) is 9.69 Å². The van der Waals surface area contributed by atoms with Crippen molar-refractivity contribution in [2.24, 2.45) is 0 Å². The van der Waals surface area contributed by atoms with Crippen LogP contribution in [-0.4, -0.2) is 70.2 Å². The van der Waals surface area contributed by atoms with Gasteiger partial charge in [0.2, 0.25) is 15.9 Å². The molecule has 1 fully saturated rings. The fourth-order valence-corrected chi connectivity index (χ4v) is 3.21. The maximum atomic E-state index is 12.0. The van der Waals surface area contributed by atoms with Crippen molar-refractivity contribution >= 4 is 15.9 Å². The Labute approximate surface area is 137 Å². The van der Waals surface area contributed by atoms with Gasteiger partial charge in [0.25, 0.3) is 0 Å². The van der Waals surface area contributed by atoms with Crippen LogP contribution < -0.4 is 9.46 Å². The van der Waals surface area contributed by atoms with Crippen LogP contribution in [0.5, 0.6) is 5.75 Å². The summed E-state index contributed by atoms with van der Waals surface area (Å²) >= 11 is 0. The zero-order valence-corrected chi connectivity index (χ0v) is 14.3. The number of para-hydroxylation sites is 1. The van der Waals surface area contributed by atoms with Crippen molar-refractivity contribution in [1.29, 1.82) is 0 Å². The number of piperazine rings is 1. The second-order valence-corrected chi connectivity index (χ2v) is 7.36. The standard InChI is InChI=1S/C15H23N3O4S/c1-16-23(20,21)12-15(19)18-9-7-17(8-10-18)11-13-5-3-4-6-14(13)22-2/h3-6,16H,7-12H2,1-2H3. The fourth-order valence-electron chi connectivity index (χ4n) is 2.56. The van der Waals surface area contributed by atoms with Crippen molar-refractivity contribution in [1.82, 2.24) is 14.5 Å². The summed E-state index contributed by atoms with van der Waals surface area (Å²) in [6.07, 6.45) is 0. The van der Waals surface area contributed by atoms with Crippen molar-refractivity contribution in [2.45, 2.75) is 6.54 Å². The first-order valence-electron chi connectivity index (χ1n) is 7.48. The van der Waals surface area contributed by atoms with E-state index in [9.17, 15) is 13.2 Å². The first kappa shape index (κ1) is 17.7. The van der Waals surface area contributed by atoms with Gasteiger partial charge >= 0.3 is 0 Å². The van der Waals surface area contributed by atoms with Gasteiger partial charge < -0.3 is 9.64 Å². The molecule has 1 aliphatic heterocycles. The quantitative estimate of drug-likeness (QED) is 0.781. The number of carbonyl (C=O) groups excluding carboxylic acids is 1. The Hall–Kier alpha value is -1.64. The molecule has 1 saturated heterocycles. The highest BCUT2D eigenvalue weighted by Crippen LogP contribution is 2.19. The molecule has 0 aromatic heterocycles. The van der Waals surface area contributed by atoms with E-state index in [1.165, 1.54) is 7.05 Å². The molecule has 0 unspecified atom stereocenters. The molecule has 0 bridgehead atoms. The average molecular weight is 341 g/mol. The minimum absolute atomic E-state index is 0.351. The van der Waals surface area contributed by atoms with Gasteiger partial charge in [-0.05, 0) is 13.1 Å². The smallest absolute Gasteiger partial charge is 0.239 e. The SMILES string of the molecule is CNS(=O)(=O)CC(=O)N1CCN(Cc2ccccc2OC)CC1. The van der Waals surface area contributed by atoms with Crippen molar-refractivity contribution in [2.75, 3.05) is 46.1 Å². The Bertz CT molecular complexity index is 640. The lowest BCUT2D eigenvalue weighted by atomic mass is 10.1. The van der Waals surface area contributed by atoms with Gasteiger partial charge in [-0.15, -0.1) is 0 Å². The van der Waals surface area contributed by atoms with Crippen LogP contribution in [0.15, 0.2) is 24.3 Å². The Kier molecular flexibility index (Phi) is 5.97. The second kappa shape index (κ2) is 7.76. The summed E-state index contributed by atoms with van der Waals surface area (Å²) < 4.78 is 30.4. The minimum atomic E-state index is -3.51. The van der Waals surface area contributed by atoms with Crippen LogP contribution in [0.1, 0.15) is 5.56 Å². The third-order valence-electron chi connectivity index (χ3n) is 3.94. The van der Waals surface area contributed by atoms with Crippen LogP contribution in [0.4, 0.5) is 0 Å². The van der Waals surface area contributed by atoms with Crippen LogP contribution in [0.2, 0.25) is 0 Å². The molecule has 1 heterocycles. The molecule has 0 radical (unpaired) electrons. The maximum absolute atomic E-state index is 12.0. The summed E-state index contributed by atoms with van der Waals surface area (Å²) in [5.74, 6) is 0.0122. The number of rotatable bonds is 6. The largest absolute Gasteiger partial charge is 0.496 e. The number of benzene rings is 1. The number of ether oxygens (including phenoxy) is 1. The Balaban J connectivity index is 1.88. The molecular weight excluding hydrogens is 318 g/mol. The Morgan fingerprint density at radius 2 is 1.87 bits per heavy atom. The molecule has 0 aliphatic carbocycles. The summed E-state index contributed by atoms with van der Waals surface area (Å²) in [6.45, 7) is 3.24. The van der Waals surface area contributed by atoms with E-state index in [0.29, 0.717) is 26.2 Å². The molecule has 7 nitrogen and oxygen atoms in total. The van der Waals surface area contributed by atoms with E-state index in [0.717, 1.165) is 17.9 Å². The molecule has 128 valence electrons. The Morgan fingerprint density at radius 1 is 1.22 bits per heavy atom. The predicted octanol–water partition coefficient (Wildman–Crippen LogP) is -0.111. The van der Waals surface area contributed by atoms with E-state index in [2.05, 4.69) is 9.62 Å². The highest BCUT2D eigenvalue weighted by molar-refractivity contribution is 7.90. The van der Waals surface area contributed by atoms with Crippen molar-refractivity contribution in [3.05, 3.63) is 29.8 Å². The first-order chi connectivity index (χ1) is 10.9. The zero-order chi connectivity index (χ0) is 16.9. The van der Waals surface area contributed by atoms with E-state index in [4.69, 9.17) is 4.74 Å². The van der Waals surface area contributed by atoms with Gasteiger partial charge in [0.1, 0.15) is 11.5 Å². The van der Waals surface area contributed by atoms with Gasteiger partial charge in [-0.2, -0.15) is 0 Å². The second-order valence-electron chi connectivity index (χ2n) is 5.43. The lowest BCUT2D eigenvalue weighted by Crippen LogP contribution is -2.50. The van der Waals surface area contributed by atoms with Crippen LogP contribution in [-0.2, 0) is 21.4 Å². The average Bonchev–Trinajstić information content (AvgIpc) is 2.55. The topological polar surface area (TPSA) is 79.0 Å². The van der Waals surface area contributed by atoms with Gasteiger partial charge in [0.05, 0.1) is 7.11 Å². The molecule has 1 N–H and O–H groups in total. The van der Waals surface area contributed by atoms with E-state index in [1.807, 2.05) is 24.3 Å². The predicted molar refractivity (Wildman–Crippen MR) is 87.7 cm³/mol. The van der Waals surface area contributed by atoms with E-state index in [1.54, 1.807) is 12.0 Å². The summed E-state index contributed by atoms with van der Waals surface area (Å²) in [5.41, 5.74) is 1.10. The number of carbonyl (C=O) groups is 1. The van der Waals surface area contributed by atoms with Crippen LogP contribution in [0.25, 0.3) is 0 Å². The van der Waals surface area contributed by atoms with Gasteiger partial charge in [-0.1, -0.05) is 18.2 Å². The van der Waals surface area contributed by atoms with E-state index < -0.39 is 15.8 Å². The maximum Gasteiger partial charge on any atom is 0.239 e. The summed E-state index contributed by atoms with van der Waals surface area (Å²) in [5, 5.41) is 0. The van der Waals surface area contributed by atoms with Gasteiger partial charge in [-0.25, -0.2) is 13.1 Å². The van der Waals surface area contributed by atoms with E-state index in [-0.39, 0.29) is 5.91 Å². The van der Waals surface area contributed by atoms with Crippen molar-refractivity contribution in [3.63, 3.8) is 0 Å². The summed E-state index contributed by atoms with van der Waals surface area (Å²) in [7, 11) is -0.547. The highest BCUT2D eigenvalue weighted by atomic mass is 32.2.